The lowest BCUT2D eigenvalue weighted by Gasteiger charge is -2.11. The molecular formula is C18H17F3N6O. The Hall–Kier alpha value is -3.17. The fourth-order valence-corrected chi connectivity index (χ4v) is 2.89. The van der Waals surface area contributed by atoms with Crippen LogP contribution in [0.5, 0.6) is 0 Å². The van der Waals surface area contributed by atoms with E-state index in [0.717, 1.165) is 41.3 Å². The van der Waals surface area contributed by atoms with Crippen molar-refractivity contribution in [1.29, 1.82) is 0 Å². The molecule has 10 heteroatoms. The third-order valence-corrected chi connectivity index (χ3v) is 4.39. The number of benzene rings is 1. The summed E-state index contributed by atoms with van der Waals surface area (Å²) in [5.41, 5.74) is -0.126. The summed E-state index contributed by atoms with van der Waals surface area (Å²) < 4.78 is 40.7. The molecule has 0 bridgehead atoms. The van der Waals surface area contributed by atoms with E-state index in [1.807, 2.05) is 34.9 Å². The molecule has 0 saturated heterocycles. The molecule has 0 aliphatic heterocycles. The summed E-state index contributed by atoms with van der Waals surface area (Å²) >= 11 is 0. The van der Waals surface area contributed by atoms with E-state index in [-0.39, 0.29) is 13.1 Å². The maximum absolute atomic E-state index is 12.6. The summed E-state index contributed by atoms with van der Waals surface area (Å²) in [5, 5.41) is 14.5. The smallest absolute Gasteiger partial charge is 0.347 e. The summed E-state index contributed by atoms with van der Waals surface area (Å²) in [6.07, 6.45) is -1.30. The highest BCUT2D eigenvalue weighted by Crippen LogP contribution is 2.40. The molecule has 1 amide bonds. The number of carbonyl (C=O) groups excluding carboxylic acids is 1. The zero-order chi connectivity index (χ0) is 19.7. The molecular weight excluding hydrogens is 373 g/mol. The van der Waals surface area contributed by atoms with Gasteiger partial charge in [-0.3, -0.25) is 14.0 Å². The fourth-order valence-electron chi connectivity index (χ4n) is 2.89. The second kappa shape index (κ2) is 7.10. The first-order valence-corrected chi connectivity index (χ1v) is 8.79. The highest BCUT2D eigenvalue weighted by atomic mass is 19.4. The first-order chi connectivity index (χ1) is 13.4. The van der Waals surface area contributed by atoms with Crippen molar-refractivity contribution < 1.29 is 18.0 Å². The highest BCUT2D eigenvalue weighted by Gasteiger charge is 2.34. The van der Waals surface area contributed by atoms with E-state index in [1.165, 1.54) is 0 Å². The summed E-state index contributed by atoms with van der Waals surface area (Å²) in [7, 11) is 0. The van der Waals surface area contributed by atoms with Gasteiger partial charge in [0, 0.05) is 17.8 Å². The number of para-hydroxylation sites is 1. The molecule has 28 heavy (non-hydrogen) atoms. The van der Waals surface area contributed by atoms with E-state index < -0.39 is 17.8 Å². The van der Waals surface area contributed by atoms with E-state index in [4.69, 9.17) is 0 Å². The Kier molecular flexibility index (Phi) is 4.62. The maximum Gasteiger partial charge on any atom is 0.435 e. The minimum absolute atomic E-state index is 0.112. The number of hydrogen-bond donors (Lipinski definition) is 1. The van der Waals surface area contributed by atoms with Gasteiger partial charge in [-0.1, -0.05) is 18.2 Å². The van der Waals surface area contributed by atoms with Gasteiger partial charge in [0.25, 0.3) is 0 Å². The number of nitrogens with one attached hydrogen (secondary N) is 1. The van der Waals surface area contributed by atoms with Crippen LogP contribution in [0.4, 0.5) is 13.2 Å². The summed E-state index contributed by atoms with van der Waals surface area (Å²) in [5.74, 6) is 1.32. The Bertz CT molecular complexity index is 975. The van der Waals surface area contributed by atoms with Gasteiger partial charge in [-0.05, 0) is 31.0 Å². The zero-order valence-electron chi connectivity index (χ0n) is 14.7. The van der Waals surface area contributed by atoms with Crippen molar-refractivity contribution in [2.75, 3.05) is 0 Å². The third-order valence-electron chi connectivity index (χ3n) is 4.39. The van der Waals surface area contributed by atoms with Crippen LogP contribution in [0.2, 0.25) is 0 Å². The monoisotopic (exact) mass is 390 g/mol. The minimum atomic E-state index is -4.53. The molecule has 4 rings (SSSR count). The maximum atomic E-state index is 12.6. The number of rotatable bonds is 6. The molecule has 1 aromatic carbocycles. The first kappa shape index (κ1) is 18.2. The number of amides is 1. The molecule has 0 spiro atoms. The largest absolute Gasteiger partial charge is 0.435 e. The van der Waals surface area contributed by atoms with Crippen molar-refractivity contribution in [2.24, 2.45) is 0 Å². The van der Waals surface area contributed by atoms with Gasteiger partial charge in [0.05, 0.1) is 6.54 Å². The molecule has 0 unspecified atom stereocenters. The van der Waals surface area contributed by atoms with E-state index in [9.17, 15) is 18.0 Å². The van der Waals surface area contributed by atoms with E-state index in [1.54, 1.807) is 0 Å². The third kappa shape index (κ3) is 3.90. The molecule has 146 valence electrons. The Labute approximate surface area is 158 Å². The van der Waals surface area contributed by atoms with Crippen LogP contribution in [0.15, 0.2) is 42.6 Å². The minimum Gasteiger partial charge on any atom is -0.347 e. The van der Waals surface area contributed by atoms with Crippen molar-refractivity contribution in [3.8, 4) is 5.69 Å². The van der Waals surface area contributed by atoms with Gasteiger partial charge < -0.3 is 5.32 Å². The van der Waals surface area contributed by atoms with Crippen LogP contribution >= 0.6 is 0 Å². The number of nitrogens with zero attached hydrogens (tertiary/aromatic N) is 5. The van der Waals surface area contributed by atoms with Gasteiger partial charge in [0.1, 0.15) is 12.4 Å². The van der Waals surface area contributed by atoms with Crippen molar-refractivity contribution in [1.82, 2.24) is 29.9 Å². The van der Waals surface area contributed by atoms with Gasteiger partial charge in [-0.15, -0.1) is 10.2 Å². The topological polar surface area (TPSA) is 77.6 Å². The number of aromatic nitrogens is 5. The van der Waals surface area contributed by atoms with E-state index in [0.29, 0.717) is 11.7 Å². The normalized spacial score (nSPS) is 14.2. The lowest BCUT2D eigenvalue weighted by molar-refractivity contribution is -0.141. The van der Waals surface area contributed by atoms with Gasteiger partial charge in [-0.2, -0.15) is 18.3 Å². The fraction of sp³-hybridized carbons (Fsp3) is 0.333. The van der Waals surface area contributed by atoms with Gasteiger partial charge in [-0.25, -0.2) is 0 Å². The molecule has 1 fully saturated rings. The number of alkyl halides is 3. The van der Waals surface area contributed by atoms with Crippen LogP contribution in [-0.2, 0) is 24.1 Å². The van der Waals surface area contributed by atoms with Crippen molar-refractivity contribution in [2.45, 2.75) is 38.0 Å². The van der Waals surface area contributed by atoms with Crippen molar-refractivity contribution >= 4 is 5.91 Å². The van der Waals surface area contributed by atoms with Crippen LogP contribution in [-0.4, -0.2) is 30.5 Å². The molecule has 0 radical (unpaired) electrons. The quantitative estimate of drug-likeness (QED) is 0.702. The molecule has 7 nitrogen and oxygen atoms in total. The van der Waals surface area contributed by atoms with Crippen LogP contribution in [0.3, 0.4) is 0 Å². The number of hydrogen-bond acceptors (Lipinski definition) is 4. The van der Waals surface area contributed by atoms with Gasteiger partial charge >= 0.3 is 6.18 Å². The molecule has 2 aromatic heterocycles. The highest BCUT2D eigenvalue weighted by molar-refractivity contribution is 5.75. The number of halogens is 3. The lowest BCUT2D eigenvalue weighted by atomic mass is 10.3. The Morgan fingerprint density at radius 2 is 1.89 bits per heavy atom. The average Bonchev–Trinajstić information content (AvgIpc) is 3.23. The van der Waals surface area contributed by atoms with Crippen LogP contribution in [0, 0.1) is 0 Å². The predicted octanol–water partition coefficient (Wildman–Crippen LogP) is 2.68. The predicted molar refractivity (Wildman–Crippen MR) is 92.4 cm³/mol. The van der Waals surface area contributed by atoms with E-state index >= 15 is 0 Å². The SMILES string of the molecule is O=C(Cn1ccc(C(F)(F)F)n1)NCc1nnc(C2CC2)n1-c1ccccc1. The second-order valence-electron chi connectivity index (χ2n) is 6.59. The van der Waals surface area contributed by atoms with Crippen LogP contribution in [0.25, 0.3) is 5.69 Å². The van der Waals surface area contributed by atoms with Crippen molar-refractivity contribution in [3.63, 3.8) is 0 Å². The Morgan fingerprint density at radius 3 is 2.54 bits per heavy atom. The molecule has 1 aliphatic carbocycles. The van der Waals surface area contributed by atoms with E-state index in [2.05, 4.69) is 20.6 Å². The molecule has 0 atom stereocenters. The van der Waals surface area contributed by atoms with Gasteiger partial charge in [0.15, 0.2) is 11.5 Å². The zero-order valence-corrected chi connectivity index (χ0v) is 14.7. The van der Waals surface area contributed by atoms with Gasteiger partial charge in [0.2, 0.25) is 5.91 Å². The molecule has 1 aliphatic rings. The summed E-state index contributed by atoms with van der Waals surface area (Å²) in [6, 6.07) is 10.4. The average molecular weight is 390 g/mol. The molecule has 3 aromatic rings. The van der Waals surface area contributed by atoms with Crippen LogP contribution < -0.4 is 5.32 Å². The Balaban J connectivity index is 1.45. The standard InChI is InChI=1S/C18H17F3N6O/c19-18(20,21)14-8-9-26(25-14)11-16(28)22-10-15-23-24-17(12-6-7-12)27(15)13-4-2-1-3-5-13/h1-5,8-9,12H,6-7,10-11H2,(H,22,28). The Morgan fingerprint density at radius 1 is 1.14 bits per heavy atom. The molecule has 1 N–H and O–H groups in total. The second-order valence-corrected chi connectivity index (χ2v) is 6.59. The molecule has 2 heterocycles. The van der Waals surface area contributed by atoms with Crippen LogP contribution in [0.1, 0.15) is 36.1 Å². The summed E-state index contributed by atoms with van der Waals surface area (Å²) in [6.45, 7) is -0.202. The van der Waals surface area contributed by atoms with Crippen molar-refractivity contribution in [3.05, 3.63) is 59.9 Å². The summed E-state index contributed by atoms with van der Waals surface area (Å²) in [4.78, 5) is 12.1. The lowest BCUT2D eigenvalue weighted by Crippen LogP contribution is -2.28. The first-order valence-electron chi connectivity index (χ1n) is 8.79. The number of carbonyl (C=O) groups is 1. The molecule has 1 saturated carbocycles.